The van der Waals surface area contributed by atoms with Gasteiger partial charge in [0.2, 0.25) is 10.0 Å². The van der Waals surface area contributed by atoms with Crippen LogP contribution in [0.5, 0.6) is 0 Å². The molecule has 0 atom stereocenters. The summed E-state index contributed by atoms with van der Waals surface area (Å²) >= 11 is 0. The van der Waals surface area contributed by atoms with E-state index in [1.807, 2.05) is 0 Å². The summed E-state index contributed by atoms with van der Waals surface area (Å²) in [5.41, 5.74) is 0.514. The molecule has 1 aromatic carbocycles. The molecule has 140 valence electrons. The van der Waals surface area contributed by atoms with Crippen LogP contribution in [0.4, 0.5) is 0 Å². The number of aromatic nitrogens is 1. The highest BCUT2D eigenvalue weighted by Crippen LogP contribution is 2.26. The van der Waals surface area contributed by atoms with Gasteiger partial charge in [0.15, 0.2) is 5.76 Å². The average Bonchev–Trinajstić information content (AvgIpc) is 3.10. The van der Waals surface area contributed by atoms with E-state index in [-0.39, 0.29) is 29.7 Å². The molecular weight excluding hydrogens is 387 g/mol. The van der Waals surface area contributed by atoms with E-state index in [1.165, 1.54) is 6.20 Å². The highest BCUT2D eigenvalue weighted by Gasteiger charge is 2.20. The molecule has 1 aliphatic rings. The van der Waals surface area contributed by atoms with E-state index in [1.54, 1.807) is 30.3 Å². The Morgan fingerprint density at radius 3 is 2.56 bits per heavy atom. The van der Waals surface area contributed by atoms with Gasteiger partial charge in [0.1, 0.15) is 0 Å². The Balaban J connectivity index is 0.00000156. The fourth-order valence-corrected chi connectivity index (χ4v) is 3.84. The normalized spacial score (nSPS) is 15.2. The van der Waals surface area contributed by atoms with Gasteiger partial charge in [-0.15, -0.1) is 24.8 Å². The molecule has 7 nitrogen and oxygen atoms in total. The lowest BCUT2D eigenvalue weighted by molar-refractivity contribution is 0.245. The predicted octanol–water partition coefficient (Wildman–Crippen LogP) is 1.37. The molecule has 2 N–H and O–H groups in total. The smallest absolute Gasteiger partial charge is 0.241 e. The van der Waals surface area contributed by atoms with Crippen LogP contribution in [-0.4, -0.2) is 57.7 Å². The zero-order valence-corrected chi connectivity index (χ0v) is 16.0. The Morgan fingerprint density at radius 1 is 1.16 bits per heavy atom. The molecule has 1 aromatic heterocycles. The summed E-state index contributed by atoms with van der Waals surface area (Å²) in [6.07, 6.45) is 1.50. The van der Waals surface area contributed by atoms with Gasteiger partial charge < -0.3 is 9.84 Å². The molecule has 10 heteroatoms. The Morgan fingerprint density at radius 2 is 1.88 bits per heavy atom. The molecule has 0 bridgehead atoms. The van der Waals surface area contributed by atoms with Gasteiger partial charge in [0.05, 0.1) is 11.1 Å². The Bertz CT molecular complexity index is 735. The minimum Gasteiger partial charge on any atom is -0.356 e. The van der Waals surface area contributed by atoms with E-state index in [0.29, 0.717) is 24.4 Å². The molecule has 2 heterocycles. The molecule has 0 saturated carbocycles. The van der Waals surface area contributed by atoms with Crippen LogP contribution in [0.3, 0.4) is 0 Å². The van der Waals surface area contributed by atoms with Crippen LogP contribution in [0.2, 0.25) is 0 Å². The SMILES string of the molecule is Cl.Cl.O=S(=O)(NCCN1CCNCC1)c1ccccc1-c1ccno1. The first-order valence-corrected chi connectivity index (χ1v) is 9.08. The number of piperazine rings is 1. The van der Waals surface area contributed by atoms with Gasteiger partial charge in [-0.2, -0.15) is 0 Å². The van der Waals surface area contributed by atoms with Crippen LogP contribution in [0.25, 0.3) is 11.3 Å². The maximum absolute atomic E-state index is 12.6. The summed E-state index contributed by atoms with van der Waals surface area (Å²) in [4.78, 5) is 2.44. The quantitative estimate of drug-likeness (QED) is 0.750. The lowest BCUT2D eigenvalue weighted by atomic mass is 10.2. The topological polar surface area (TPSA) is 87.5 Å². The van der Waals surface area contributed by atoms with Crippen molar-refractivity contribution in [1.29, 1.82) is 0 Å². The van der Waals surface area contributed by atoms with Crippen LogP contribution in [-0.2, 0) is 10.0 Å². The van der Waals surface area contributed by atoms with Crippen molar-refractivity contribution in [2.24, 2.45) is 0 Å². The van der Waals surface area contributed by atoms with Crippen molar-refractivity contribution in [3.05, 3.63) is 36.5 Å². The molecule has 1 fully saturated rings. The molecule has 0 unspecified atom stereocenters. The lowest BCUT2D eigenvalue weighted by Gasteiger charge is -2.27. The van der Waals surface area contributed by atoms with Gasteiger partial charge in [0.25, 0.3) is 0 Å². The summed E-state index contributed by atoms with van der Waals surface area (Å²) in [6.45, 7) is 4.85. The Kier molecular flexibility index (Phi) is 8.84. The summed E-state index contributed by atoms with van der Waals surface area (Å²) < 4.78 is 32.9. The molecule has 2 aromatic rings. The lowest BCUT2D eigenvalue weighted by Crippen LogP contribution is -2.46. The second-order valence-corrected chi connectivity index (χ2v) is 7.10. The number of hydrogen-bond donors (Lipinski definition) is 2. The number of nitrogens with zero attached hydrogens (tertiary/aromatic N) is 2. The fourth-order valence-electron chi connectivity index (χ4n) is 2.61. The third-order valence-electron chi connectivity index (χ3n) is 3.81. The standard InChI is InChI=1S/C15H20N4O3S.2ClH/c20-23(21,18-9-12-19-10-7-16-8-11-19)15-4-2-1-3-13(15)14-5-6-17-22-14;;/h1-6,16,18H,7-12H2;2*1H. The van der Waals surface area contributed by atoms with E-state index in [9.17, 15) is 8.42 Å². The minimum absolute atomic E-state index is 0. The average molecular weight is 409 g/mol. The van der Waals surface area contributed by atoms with Crippen molar-refractivity contribution < 1.29 is 12.9 Å². The number of hydrogen-bond acceptors (Lipinski definition) is 6. The monoisotopic (exact) mass is 408 g/mol. The first-order chi connectivity index (χ1) is 11.2. The first kappa shape index (κ1) is 21.9. The van der Waals surface area contributed by atoms with Gasteiger partial charge in [-0.25, -0.2) is 13.1 Å². The number of halogens is 2. The number of rotatable bonds is 6. The zero-order valence-electron chi connectivity index (χ0n) is 13.6. The van der Waals surface area contributed by atoms with Crippen molar-refractivity contribution in [2.75, 3.05) is 39.3 Å². The summed E-state index contributed by atoms with van der Waals surface area (Å²) in [6, 6.07) is 8.41. The van der Waals surface area contributed by atoms with E-state index >= 15 is 0 Å². The molecule has 0 amide bonds. The van der Waals surface area contributed by atoms with Gasteiger partial charge in [-0.3, -0.25) is 4.90 Å². The second-order valence-electron chi connectivity index (χ2n) is 5.36. The van der Waals surface area contributed by atoms with Gasteiger partial charge in [0, 0.05) is 50.9 Å². The summed E-state index contributed by atoms with van der Waals surface area (Å²) in [7, 11) is -3.60. The molecule has 25 heavy (non-hydrogen) atoms. The van der Waals surface area contributed by atoms with Gasteiger partial charge in [-0.05, 0) is 12.1 Å². The highest BCUT2D eigenvalue weighted by molar-refractivity contribution is 7.89. The van der Waals surface area contributed by atoms with Crippen LogP contribution < -0.4 is 10.0 Å². The summed E-state index contributed by atoms with van der Waals surface area (Å²) in [5.74, 6) is 0.438. The number of sulfonamides is 1. The number of nitrogens with one attached hydrogen (secondary N) is 2. The van der Waals surface area contributed by atoms with Crippen molar-refractivity contribution in [3.8, 4) is 11.3 Å². The zero-order chi connectivity index (χ0) is 16.1. The van der Waals surface area contributed by atoms with E-state index in [4.69, 9.17) is 4.52 Å². The van der Waals surface area contributed by atoms with E-state index in [2.05, 4.69) is 20.1 Å². The Hall–Kier alpha value is -1.16. The number of benzene rings is 1. The Labute approximate surface area is 160 Å². The highest BCUT2D eigenvalue weighted by atomic mass is 35.5. The third-order valence-corrected chi connectivity index (χ3v) is 5.33. The van der Waals surface area contributed by atoms with E-state index < -0.39 is 10.0 Å². The third kappa shape index (κ3) is 5.67. The van der Waals surface area contributed by atoms with Crippen LogP contribution >= 0.6 is 24.8 Å². The van der Waals surface area contributed by atoms with Crippen LogP contribution in [0.1, 0.15) is 0 Å². The molecule has 0 radical (unpaired) electrons. The summed E-state index contributed by atoms with van der Waals surface area (Å²) in [5, 5.41) is 6.92. The van der Waals surface area contributed by atoms with Crippen molar-refractivity contribution in [1.82, 2.24) is 20.1 Å². The maximum Gasteiger partial charge on any atom is 0.241 e. The first-order valence-electron chi connectivity index (χ1n) is 7.60. The van der Waals surface area contributed by atoms with Crippen LogP contribution in [0.15, 0.2) is 45.9 Å². The predicted molar refractivity (Wildman–Crippen MR) is 101 cm³/mol. The molecule has 3 rings (SSSR count). The largest absolute Gasteiger partial charge is 0.356 e. The molecule has 1 saturated heterocycles. The molecule has 0 spiro atoms. The van der Waals surface area contributed by atoms with Crippen molar-refractivity contribution in [3.63, 3.8) is 0 Å². The van der Waals surface area contributed by atoms with Gasteiger partial charge in [-0.1, -0.05) is 17.3 Å². The van der Waals surface area contributed by atoms with Crippen LogP contribution in [0, 0.1) is 0 Å². The fraction of sp³-hybridized carbons (Fsp3) is 0.400. The van der Waals surface area contributed by atoms with Crippen molar-refractivity contribution in [2.45, 2.75) is 4.90 Å². The minimum atomic E-state index is -3.60. The molecular formula is C15H22Cl2N4O3S. The maximum atomic E-state index is 12.6. The van der Waals surface area contributed by atoms with Gasteiger partial charge >= 0.3 is 0 Å². The van der Waals surface area contributed by atoms with Crippen molar-refractivity contribution >= 4 is 34.8 Å². The molecule has 0 aliphatic carbocycles. The second kappa shape index (κ2) is 10.1. The van der Waals surface area contributed by atoms with E-state index in [0.717, 1.165) is 26.2 Å². The molecule has 1 aliphatic heterocycles.